The standard InChI is InChI=1S/C13H20ClNO/c1-4-5-10-7-11(6-9(2)15)13(16-3)12(14)8-10/h7-9H,4-6,15H2,1-3H3. The van der Waals surface area contributed by atoms with Gasteiger partial charge in [-0.1, -0.05) is 31.0 Å². The predicted octanol–water partition coefficient (Wildman–Crippen LogP) is 3.19. The highest BCUT2D eigenvalue weighted by Crippen LogP contribution is 2.31. The van der Waals surface area contributed by atoms with Crippen LogP contribution in [0.2, 0.25) is 5.02 Å². The molecule has 0 fully saturated rings. The maximum absolute atomic E-state index is 6.19. The van der Waals surface area contributed by atoms with Gasteiger partial charge >= 0.3 is 0 Å². The Bertz CT molecular complexity index is 350. The molecule has 0 saturated carbocycles. The summed E-state index contributed by atoms with van der Waals surface area (Å²) in [7, 11) is 1.64. The van der Waals surface area contributed by atoms with Crippen molar-refractivity contribution in [3.8, 4) is 5.75 Å². The number of hydrogen-bond acceptors (Lipinski definition) is 2. The topological polar surface area (TPSA) is 35.2 Å². The molecule has 0 aromatic heterocycles. The minimum absolute atomic E-state index is 0.113. The summed E-state index contributed by atoms with van der Waals surface area (Å²) in [6.07, 6.45) is 2.94. The number of benzene rings is 1. The molecule has 0 saturated heterocycles. The van der Waals surface area contributed by atoms with Gasteiger partial charge in [-0.25, -0.2) is 0 Å². The molecule has 0 amide bonds. The van der Waals surface area contributed by atoms with E-state index in [0.29, 0.717) is 5.02 Å². The van der Waals surface area contributed by atoms with Crippen molar-refractivity contribution >= 4 is 11.6 Å². The molecule has 0 heterocycles. The number of hydrogen-bond donors (Lipinski definition) is 1. The zero-order valence-corrected chi connectivity index (χ0v) is 11.0. The first kappa shape index (κ1) is 13.3. The van der Waals surface area contributed by atoms with Crippen LogP contribution in [-0.4, -0.2) is 13.2 Å². The molecule has 0 aliphatic heterocycles. The summed E-state index contributed by atoms with van der Waals surface area (Å²) in [5.41, 5.74) is 8.18. The van der Waals surface area contributed by atoms with E-state index in [0.717, 1.165) is 30.6 Å². The minimum Gasteiger partial charge on any atom is -0.495 e. The molecule has 1 unspecified atom stereocenters. The zero-order chi connectivity index (χ0) is 12.1. The van der Waals surface area contributed by atoms with Crippen LogP contribution in [0.1, 0.15) is 31.4 Å². The molecule has 0 spiro atoms. The smallest absolute Gasteiger partial charge is 0.140 e. The molecular formula is C13H20ClNO. The third-order valence-corrected chi connectivity index (χ3v) is 2.75. The van der Waals surface area contributed by atoms with Gasteiger partial charge in [0.2, 0.25) is 0 Å². The van der Waals surface area contributed by atoms with Gasteiger partial charge in [0.15, 0.2) is 0 Å². The largest absolute Gasteiger partial charge is 0.495 e. The number of methoxy groups -OCH3 is 1. The SMILES string of the molecule is CCCc1cc(Cl)c(OC)c(CC(C)N)c1. The first-order chi connectivity index (χ1) is 7.58. The number of ether oxygens (including phenoxy) is 1. The molecule has 2 N–H and O–H groups in total. The van der Waals surface area contributed by atoms with E-state index in [1.165, 1.54) is 5.56 Å². The van der Waals surface area contributed by atoms with Gasteiger partial charge in [0.1, 0.15) is 5.75 Å². The van der Waals surface area contributed by atoms with Gasteiger partial charge in [-0.15, -0.1) is 0 Å². The molecule has 16 heavy (non-hydrogen) atoms. The molecule has 0 radical (unpaired) electrons. The predicted molar refractivity (Wildman–Crippen MR) is 69.4 cm³/mol. The van der Waals surface area contributed by atoms with Gasteiger partial charge in [0, 0.05) is 6.04 Å². The second-order valence-electron chi connectivity index (χ2n) is 4.20. The molecule has 1 aromatic carbocycles. The van der Waals surface area contributed by atoms with Crippen molar-refractivity contribution in [3.05, 3.63) is 28.3 Å². The van der Waals surface area contributed by atoms with Crippen molar-refractivity contribution in [1.29, 1.82) is 0 Å². The number of nitrogens with two attached hydrogens (primary N) is 1. The summed E-state index contributed by atoms with van der Waals surface area (Å²) >= 11 is 6.19. The summed E-state index contributed by atoms with van der Waals surface area (Å²) in [5.74, 6) is 0.763. The Morgan fingerprint density at radius 3 is 2.62 bits per heavy atom. The summed E-state index contributed by atoms with van der Waals surface area (Å²) < 4.78 is 5.32. The maximum Gasteiger partial charge on any atom is 0.140 e. The lowest BCUT2D eigenvalue weighted by Crippen LogP contribution is -2.18. The third-order valence-electron chi connectivity index (χ3n) is 2.46. The first-order valence-electron chi connectivity index (χ1n) is 5.69. The highest BCUT2D eigenvalue weighted by molar-refractivity contribution is 6.32. The van der Waals surface area contributed by atoms with E-state index in [1.807, 2.05) is 13.0 Å². The fourth-order valence-corrected chi connectivity index (χ4v) is 2.21. The Hall–Kier alpha value is -0.730. The number of rotatable bonds is 5. The van der Waals surface area contributed by atoms with Gasteiger partial charge < -0.3 is 10.5 Å². The van der Waals surface area contributed by atoms with Crippen LogP contribution < -0.4 is 10.5 Å². The van der Waals surface area contributed by atoms with E-state index in [2.05, 4.69) is 13.0 Å². The highest BCUT2D eigenvalue weighted by atomic mass is 35.5. The van der Waals surface area contributed by atoms with Gasteiger partial charge in [-0.05, 0) is 37.0 Å². The Morgan fingerprint density at radius 1 is 1.44 bits per heavy atom. The monoisotopic (exact) mass is 241 g/mol. The average Bonchev–Trinajstić information content (AvgIpc) is 2.16. The second kappa shape index (κ2) is 6.12. The van der Waals surface area contributed by atoms with Gasteiger partial charge in [-0.3, -0.25) is 0 Å². The molecule has 0 aliphatic carbocycles. The molecular weight excluding hydrogens is 222 g/mol. The third kappa shape index (κ3) is 3.39. The van der Waals surface area contributed by atoms with Crippen LogP contribution in [0.25, 0.3) is 0 Å². The van der Waals surface area contributed by atoms with E-state index in [-0.39, 0.29) is 6.04 Å². The summed E-state index contributed by atoms with van der Waals surface area (Å²) in [5, 5.41) is 0.684. The van der Waals surface area contributed by atoms with Crippen molar-refractivity contribution in [3.63, 3.8) is 0 Å². The first-order valence-corrected chi connectivity index (χ1v) is 6.07. The Morgan fingerprint density at radius 2 is 2.12 bits per heavy atom. The molecule has 1 aromatic rings. The molecule has 0 bridgehead atoms. The van der Waals surface area contributed by atoms with Crippen LogP contribution >= 0.6 is 11.6 Å². The van der Waals surface area contributed by atoms with E-state index in [1.54, 1.807) is 7.11 Å². The molecule has 2 nitrogen and oxygen atoms in total. The van der Waals surface area contributed by atoms with Crippen LogP contribution in [0.3, 0.4) is 0 Å². The van der Waals surface area contributed by atoms with Crippen LogP contribution in [0.15, 0.2) is 12.1 Å². The average molecular weight is 242 g/mol. The molecule has 90 valence electrons. The Balaban J connectivity index is 3.09. The highest BCUT2D eigenvalue weighted by Gasteiger charge is 2.11. The van der Waals surface area contributed by atoms with E-state index >= 15 is 0 Å². The summed E-state index contributed by atoms with van der Waals surface area (Å²) in [6, 6.07) is 4.24. The minimum atomic E-state index is 0.113. The van der Waals surface area contributed by atoms with E-state index in [4.69, 9.17) is 22.1 Å². The normalized spacial score (nSPS) is 12.6. The molecule has 1 rings (SSSR count). The van der Waals surface area contributed by atoms with Gasteiger partial charge in [0.25, 0.3) is 0 Å². The van der Waals surface area contributed by atoms with Crippen molar-refractivity contribution in [2.24, 2.45) is 5.73 Å². The zero-order valence-electron chi connectivity index (χ0n) is 10.2. The lowest BCUT2D eigenvalue weighted by atomic mass is 10.0. The number of halogens is 1. The Kier molecular flexibility index (Phi) is 5.10. The summed E-state index contributed by atoms with van der Waals surface area (Å²) in [4.78, 5) is 0. The molecule has 0 aliphatic rings. The van der Waals surface area contributed by atoms with Crippen LogP contribution in [-0.2, 0) is 12.8 Å². The van der Waals surface area contributed by atoms with Crippen LogP contribution in [0.5, 0.6) is 5.75 Å². The van der Waals surface area contributed by atoms with E-state index in [9.17, 15) is 0 Å². The molecule has 1 atom stereocenters. The van der Waals surface area contributed by atoms with Crippen molar-refractivity contribution in [2.45, 2.75) is 39.2 Å². The molecule has 3 heteroatoms. The summed E-state index contributed by atoms with van der Waals surface area (Å²) in [6.45, 7) is 4.14. The number of aryl methyl sites for hydroxylation is 1. The van der Waals surface area contributed by atoms with Crippen LogP contribution in [0.4, 0.5) is 0 Å². The van der Waals surface area contributed by atoms with Crippen molar-refractivity contribution in [2.75, 3.05) is 7.11 Å². The maximum atomic E-state index is 6.19. The lowest BCUT2D eigenvalue weighted by molar-refractivity contribution is 0.408. The van der Waals surface area contributed by atoms with Crippen molar-refractivity contribution < 1.29 is 4.74 Å². The van der Waals surface area contributed by atoms with Gasteiger partial charge in [-0.2, -0.15) is 0 Å². The van der Waals surface area contributed by atoms with Gasteiger partial charge in [0.05, 0.1) is 12.1 Å². The van der Waals surface area contributed by atoms with E-state index < -0.39 is 0 Å². The second-order valence-corrected chi connectivity index (χ2v) is 4.61. The quantitative estimate of drug-likeness (QED) is 0.859. The van der Waals surface area contributed by atoms with Crippen LogP contribution in [0, 0.1) is 0 Å². The van der Waals surface area contributed by atoms with Crippen molar-refractivity contribution in [1.82, 2.24) is 0 Å². The Labute approximate surface area is 103 Å². The fraction of sp³-hybridized carbons (Fsp3) is 0.538. The lowest BCUT2D eigenvalue weighted by Gasteiger charge is -2.14. The fourth-order valence-electron chi connectivity index (χ4n) is 1.87.